The van der Waals surface area contributed by atoms with Crippen molar-refractivity contribution in [1.29, 1.82) is 0 Å². The molecule has 0 radical (unpaired) electrons. The van der Waals surface area contributed by atoms with Gasteiger partial charge in [-0.25, -0.2) is 4.79 Å². The van der Waals surface area contributed by atoms with E-state index < -0.39 is 5.97 Å². The van der Waals surface area contributed by atoms with E-state index in [1.807, 2.05) is 30.3 Å². The predicted octanol–water partition coefficient (Wildman–Crippen LogP) is 3.61. The fraction of sp³-hybridized carbons (Fsp3) is 0.385. The molecule has 0 saturated heterocycles. The van der Waals surface area contributed by atoms with E-state index in [-0.39, 0.29) is 19.1 Å². The maximum atomic E-state index is 12.0. The van der Waals surface area contributed by atoms with Gasteiger partial charge >= 0.3 is 5.97 Å². The largest absolute Gasteiger partial charge is 0.493 e. The molecule has 0 aliphatic heterocycles. The average Bonchev–Trinajstić information content (AvgIpc) is 3.24. The van der Waals surface area contributed by atoms with Gasteiger partial charge in [0, 0.05) is 23.9 Å². The molecule has 4 rings (SSSR count). The van der Waals surface area contributed by atoms with Crippen molar-refractivity contribution < 1.29 is 33.0 Å². The second kappa shape index (κ2) is 11.0. The van der Waals surface area contributed by atoms with Crippen LogP contribution >= 0.6 is 0 Å². The Morgan fingerprint density at radius 3 is 2.62 bits per heavy atom. The first-order valence-corrected chi connectivity index (χ1v) is 11.4. The van der Waals surface area contributed by atoms with E-state index in [1.54, 1.807) is 20.3 Å². The molecule has 1 aliphatic carbocycles. The Morgan fingerprint density at radius 2 is 1.79 bits per heavy atom. The molecule has 8 heteroatoms. The summed E-state index contributed by atoms with van der Waals surface area (Å²) in [6.45, 7) is -0.232. The van der Waals surface area contributed by atoms with Gasteiger partial charge in [0.15, 0.2) is 24.7 Å². The van der Waals surface area contributed by atoms with Crippen LogP contribution in [-0.4, -0.2) is 45.9 Å². The minimum atomic E-state index is -0.607. The van der Waals surface area contributed by atoms with Gasteiger partial charge in [-0.2, -0.15) is 0 Å². The molecule has 1 heterocycles. The van der Waals surface area contributed by atoms with Gasteiger partial charge in [-0.15, -0.1) is 0 Å². The molecule has 1 aromatic heterocycles. The molecule has 0 fully saturated rings. The van der Waals surface area contributed by atoms with Crippen LogP contribution in [0.25, 0.3) is 11.0 Å². The van der Waals surface area contributed by atoms with E-state index in [0.717, 1.165) is 48.0 Å². The molecule has 0 unspecified atom stereocenters. The third-order valence-electron chi connectivity index (χ3n) is 5.83. The van der Waals surface area contributed by atoms with Gasteiger partial charge in [0.05, 0.1) is 14.2 Å². The van der Waals surface area contributed by atoms with Crippen molar-refractivity contribution in [3.05, 3.63) is 53.3 Å². The number of nitrogens with one attached hydrogen (secondary N) is 1. The van der Waals surface area contributed by atoms with Crippen molar-refractivity contribution in [3.8, 4) is 17.2 Å². The van der Waals surface area contributed by atoms with Gasteiger partial charge in [-0.05, 0) is 61.6 Å². The van der Waals surface area contributed by atoms with E-state index in [4.69, 9.17) is 23.4 Å². The number of carbonyl (C=O) groups is 2. The first-order valence-electron chi connectivity index (χ1n) is 11.4. The summed E-state index contributed by atoms with van der Waals surface area (Å²) in [7, 11) is 3.15. The van der Waals surface area contributed by atoms with Crippen molar-refractivity contribution in [2.45, 2.75) is 32.1 Å². The smallest absolute Gasteiger partial charge is 0.344 e. The average molecular weight is 468 g/mol. The van der Waals surface area contributed by atoms with E-state index in [9.17, 15) is 9.59 Å². The number of fused-ring (bicyclic) bond motifs is 3. The minimum absolute atomic E-state index is 0.273. The highest BCUT2D eigenvalue weighted by Crippen LogP contribution is 2.34. The van der Waals surface area contributed by atoms with Crippen LogP contribution in [0.3, 0.4) is 0 Å². The summed E-state index contributed by atoms with van der Waals surface area (Å²) in [5.74, 6) is 1.91. The highest BCUT2D eigenvalue weighted by Gasteiger charge is 2.18. The number of hydrogen-bond acceptors (Lipinski definition) is 7. The molecule has 0 saturated carbocycles. The van der Waals surface area contributed by atoms with Crippen LogP contribution in [0.2, 0.25) is 0 Å². The number of carbonyl (C=O) groups excluding carboxylic acids is 2. The molecule has 1 amide bonds. The molecule has 0 bridgehead atoms. The monoisotopic (exact) mass is 467 g/mol. The zero-order chi connectivity index (χ0) is 23.9. The molecule has 2 aromatic carbocycles. The minimum Gasteiger partial charge on any atom is -0.493 e. The van der Waals surface area contributed by atoms with Crippen LogP contribution < -0.4 is 19.5 Å². The molecular weight excluding hydrogens is 438 g/mol. The number of furan rings is 1. The summed E-state index contributed by atoms with van der Waals surface area (Å²) < 4.78 is 27.0. The van der Waals surface area contributed by atoms with Gasteiger partial charge in [-0.3, -0.25) is 4.79 Å². The van der Waals surface area contributed by atoms with Gasteiger partial charge < -0.3 is 28.7 Å². The number of esters is 1. The second-order valence-corrected chi connectivity index (χ2v) is 8.11. The number of aryl methyl sites for hydroxylation is 2. The number of rotatable bonds is 10. The van der Waals surface area contributed by atoms with E-state index in [2.05, 4.69) is 5.32 Å². The molecule has 1 aliphatic rings. The molecular formula is C26H29NO7. The lowest BCUT2D eigenvalue weighted by atomic mass is 9.96. The molecule has 3 aromatic rings. The molecule has 8 nitrogen and oxygen atoms in total. The Kier molecular flexibility index (Phi) is 7.57. The molecule has 0 atom stereocenters. The standard InChI is InChI=1S/C26H29NO7/c1-30-23-9-7-17(13-24(23)31-2)11-12-27-25(28)15-33-26(29)16-32-18-8-10-22-20(14-18)19-5-3-4-6-21(19)34-22/h7-10,13-14H,3-6,11-12,15-16H2,1-2H3,(H,27,28). The number of ether oxygens (including phenoxy) is 4. The van der Waals surface area contributed by atoms with Gasteiger partial charge in [0.2, 0.25) is 0 Å². The Bertz CT molecular complexity index is 1170. The first kappa shape index (κ1) is 23.5. The Hall–Kier alpha value is -3.68. The number of hydrogen-bond donors (Lipinski definition) is 1. The summed E-state index contributed by atoms with van der Waals surface area (Å²) >= 11 is 0. The number of amides is 1. The SMILES string of the molecule is COc1ccc(CCNC(=O)COC(=O)COc2ccc3oc4c(c3c2)CCCC4)cc1OC. The van der Waals surface area contributed by atoms with Crippen LogP contribution in [0, 0.1) is 0 Å². The number of benzene rings is 2. The van der Waals surface area contributed by atoms with Gasteiger partial charge in [0.25, 0.3) is 5.91 Å². The molecule has 34 heavy (non-hydrogen) atoms. The topological polar surface area (TPSA) is 96.2 Å². The fourth-order valence-electron chi connectivity index (χ4n) is 4.09. The fourth-order valence-corrected chi connectivity index (χ4v) is 4.09. The molecule has 180 valence electrons. The summed E-state index contributed by atoms with van der Waals surface area (Å²) in [5, 5.41) is 3.77. The van der Waals surface area contributed by atoms with Crippen LogP contribution in [0.4, 0.5) is 0 Å². The summed E-state index contributed by atoms with van der Waals surface area (Å²) in [6, 6.07) is 11.1. The van der Waals surface area contributed by atoms with Gasteiger partial charge in [0.1, 0.15) is 17.1 Å². The zero-order valence-corrected chi connectivity index (χ0v) is 19.5. The third kappa shape index (κ3) is 5.62. The van der Waals surface area contributed by atoms with E-state index in [1.165, 1.54) is 5.56 Å². The summed E-state index contributed by atoms with van der Waals surface area (Å²) in [5.41, 5.74) is 3.06. The van der Waals surface area contributed by atoms with Gasteiger partial charge in [-0.1, -0.05) is 6.07 Å². The van der Waals surface area contributed by atoms with Crippen LogP contribution in [-0.2, 0) is 33.6 Å². The lowest BCUT2D eigenvalue weighted by Crippen LogP contribution is -2.31. The molecule has 1 N–H and O–H groups in total. The van der Waals surface area contributed by atoms with Crippen LogP contribution in [0.5, 0.6) is 17.2 Å². The van der Waals surface area contributed by atoms with Crippen molar-refractivity contribution in [3.63, 3.8) is 0 Å². The first-order chi connectivity index (χ1) is 16.6. The van der Waals surface area contributed by atoms with Crippen molar-refractivity contribution >= 4 is 22.8 Å². The quantitative estimate of drug-likeness (QED) is 0.455. The maximum absolute atomic E-state index is 12.0. The highest BCUT2D eigenvalue weighted by molar-refractivity contribution is 5.84. The normalized spacial score (nSPS) is 12.6. The van der Waals surface area contributed by atoms with Crippen molar-refractivity contribution in [2.24, 2.45) is 0 Å². The van der Waals surface area contributed by atoms with E-state index >= 15 is 0 Å². The maximum Gasteiger partial charge on any atom is 0.344 e. The third-order valence-corrected chi connectivity index (χ3v) is 5.83. The Labute approximate surface area is 198 Å². The van der Waals surface area contributed by atoms with Crippen LogP contribution in [0.1, 0.15) is 29.7 Å². The lowest BCUT2D eigenvalue weighted by Gasteiger charge is -2.10. The predicted molar refractivity (Wildman–Crippen MR) is 126 cm³/mol. The summed E-state index contributed by atoms with van der Waals surface area (Å²) in [6.07, 6.45) is 4.85. The summed E-state index contributed by atoms with van der Waals surface area (Å²) in [4.78, 5) is 24.0. The zero-order valence-electron chi connectivity index (χ0n) is 19.5. The lowest BCUT2D eigenvalue weighted by molar-refractivity contribution is -0.150. The molecule has 0 spiro atoms. The van der Waals surface area contributed by atoms with Crippen LogP contribution in [0.15, 0.2) is 40.8 Å². The van der Waals surface area contributed by atoms with Crippen molar-refractivity contribution in [1.82, 2.24) is 5.32 Å². The Balaban J connectivity index is 1.19. The van der Waals surface area contributed by atoms with E-state index in [0.29, 0.717) is 30.2 Å². The number of methoxy groups -OCH3 is 2. The second-order valence-electron chi connectivity index (χ2n) is 8.11. The Morgan fingerprint density at radius 1 is 0.971 bits per heavy atom. The highest BCUT2D eigenvalue weighted by atomic mass is 16.6. The van der Waals surface area contributed by atoms with Crippen molar-refractivity contribution in [2.75, 3.05) is 34.0 Å².